The van der Waals surface area contributed by atoms with Crippen LogP contribution in [0.1, 0.15) is 42.1 Å². The topological polar surface area (TPSA) is 112 Å². The molecule has 2 N–H and O–H groups in total. The fraction of sp³-hybridized carbons (Fsp3) is 0.269. The molecule has 2 aromatic heterocycles. The highest BCUT2D eigenvalue weighted by Crippen LogP contribution is 2.46. The summed E-state index contributed by atoms with van der Waals surface area (Å²) in [6.07, 6.45) is 3.37. The number of aryl methyl sites for hydroxylation is 1. The molecule has 1 aliphatic rings. The number of nitrogens with zero attached hydrogens (tertiary/aromatic N) is 3. The quantitative estimate of drug-likeness (QED) is 0.575. The number of allylic oxidation sites excluding steroid dienone is 1. The van der Waals surface area contributed by atoms with Gasteiger partial charge in [-0.3, -0.25) is 9.78 Å². The Morgan fingerprint density at radius 3 is 2.59 bits per heavy atom. The maximum absolute atomic E-state index is 13.9. The normalized spacial score (nSPS) is 14.7. The van der Waals surface area contributed by atoms with Crippen molar-refractivity contribution in [2.24, 2.45) is 5.73 Å². The number of ether oxygens (including phenoxy) is 3. The van der Waals surface area contributed by atoms with Gasteiger partial charge >= 0.3 is 0 Å². The minimum absolute atomic E-state index is 0.0325. The van der Waals surface area contributed by atoms with Crippen molar-refractivity contribution in [1.29, 1.82) is 5.26 Å². The molecule has 8 nitrogen and oxygen atoms in total. The SMILES string of the molecule is CCOc1cccc(C2C(C#N)=C(N)Oc3cc(C)n(Cc4ccncc4)c(=O)c32)c1OCC. The molecule has 0 saturated carbocycles. The smallest absolute Gasteiger partial charge is 0.259 e. The molecule has 1 unspecified atom stereocenters. The van der Waals surface area contributed by atoms with Crippen LogP contribution in [0.5, 0.6) is 17.2 Å². The fourth-order valence-electron chi connectivity index (χ4n) is 4.19. The van der Waals surface area contributed by atoms with Crippen LogP contribution in [0.2, 0.25) is 0 Å². The zero-order valence-electron chi connectivity index (χ0n) is 19.4. The second kappa shape index (κ2) is 9.71. The standard InChI is InChI=1S/C26H26N4O4/c1-4-32-20-8-6-7-18(24(20)33-5-2)22-19(14-27)25(28)34-21-13-16(3)30(26(31)23(21)22)15-17-9-11-29-12-10-17/h6-13,22H,4-5,15,28H2,1-3H3. The molecule has 0 amide bonds. The van der Waals surface area contributed by atoms with Gasteiger partial charge < -0.3 is 24.5 Å². The Hall–Kier alpha value is -4.25. The predicted molar refractivity (Wildman–Crippen MR) is 127 cm³/mol. The lowest BCUT2D eigenvalue weighted by atomic mass is 9.83. The maximum atomic E-state index is 13.9. The Morgan fingerprint density at radius 1 is 1.18 bits per heavy atom. The third kappa shape index (κ3) is 4.08. The molecule has 1 aromatic carbocycles. The van der Waals surface area contributed by atoms with Gasteiger partial charge in [-0.15, -0.1) is 0 Å². The van der Waals surface area contributed by atoms with E-state index in [1.807, 2.05) is 45.0 Å². The first-order chi connectivity index (χ1) is 16.5. The molecule has 3 aromatic rings. The molecule has 8 heteroatoms. The van der Waals surface area contributed by atoms with E-state index < -0.39 is 5.92 Å². The van der Waals surface area contributed by atoms with Gasteiger partial charge in [-0.1, -0.05) is 12.1 Å². The van der Waals surface area contributed by atoms with Crippen LogP contribution >= 0.6 is 0 Å². The largest absolute Gasteiger partial charge is 0.490 e. The summed E-state index contributed by atoms with van der Waals surface area (Å²) in [5.74, 6) is 0.544. The van der Waals surface area contributed by atoms with E-state index in [1.54, 1.807) is 29.1 Å². The Morgan fingerprint density at radius 2 is 1.91 bits per heavy atom. The highest BCUT2D eigenvalue weighted by Gasteiger charge is 2.36. The summed E-state index contributed by atoms with van der Waals surface area (Å²) in [5, 5.41) is 10.0. The van der Waals surface area contributed by atoms with E-state index in [2.05, 4.69) is 11.1 Å². The van der Waals surface area contributed by atoms with Crippen molar-refractivity contribution in [2.75, 3.05) is 13.2 Å². The number of nitrogens with two attached hydrogens (primary N) is 1. The van der Waals surface area contributed by atoms with Gasteiger partial charge in [-0.05, 0) is 44.5 Å². The number of pyridine rings is 2. The lowest BCUT2D eigenvalue weighted by molar-refractivity contribution is 0.284. The van der Waals surface area contributed by atoms with Gasteiger partial charge in [0.25, 0.3) is 5.56 Å². The first kappa shape index (κ1) is 22.9. The van der Waals surface area contributed by atoms with Crippen molar-refractivity contribution >= 4 is 0 Å². The number of fused-ring (bicyclic) bond motifs is 1. The summed E-state index contributed by atoms with van der Waals surface area (Å²) in [7, 11) is 0. The van der Waals surface area contributed by atoms with Crippen LogP contribution in [-0.4, -0.2) is 22.8 Å². The number of hydrogen-bond acceptors (Lipinski definition) is 7. The Bertz CT molecular complexity index is 1340. The van der Waals surface area contributed by atoms with Gasteiger partial charge in [0.1, 0.15) is 17.4 Å². The molecule has 0 bridgehead atoms. The van der Waals surface area contributed by atoms with Crippen LogP contribution < -0.4 is 25.5 Å². The zero-order valence-corrected chi connectivity index (χ0v) is 19.4. The molecule has 3 heterocycles. The number of para-hydroxylation sites is 1. The molecule has 0 saturated heterocycles. The third-order valence-electron chi connectivity index (χ3n) is 5.69. The average Bonchev–Trinajstić information content (AvgIpc) is 2.83. The number of aromatic nitrogens is 2. The van der Waals surface area contributed by atoms with Gasteiger partial charge in [0, 0.05) is 29.7 Å². The van der Waals surface area contributed by atoms with Crippen molar-refractivity contribution in [3.8, 4) is 23.3 Å². The minimum Gasteiger partial charge on any atom is -0.490 e. The van der Waals surface area contributed by atoms with Crippen LogP contribution in [0.15, 0.2) is 65.0 Å². The number of rotatable bonds is 7. The summed E-state index contributed by atoms with van der Waals surface area (Å²) in [6, 6.07) is 13.1. The van der Waals surface area contributed by atoms with Gasteiger partial charge in [0.2, 0.25) is 5.88 Å². The molecule has 0 fully saturated rings. The molecular weight excluding hydrogens is 432 g/mol. The second-order valence-corrected chi connectivity index (χ2v) is 7.78. The lowest BCUT2D eigenvalue weighted by Crippen LogP contribution is -2.33. The van der Waals surface area contributed by atoms with E-state index >= 15 is 0 Å². The lowest BCUT2D eigenvalue weighted by Gasteiger charge is -2.29. The van der Waals surface area contributed by atoms with E-state index in [1.165, 1.54) is 0 Å². The molecular formula is C26H26N4O4. The summed E-state index contributed by atoms with van der Waals surface area (Å²) in [6.45, 7) is 6.76. The van der Waals surface area contributed by atoms with E-state index in [0.29, 0.717) is 53.8 Å². The van der Waals surface area contributed by atoms with Crippen LogP contribution in [0.3, 0.4) is 0 Å². The highest BCUT2D eigenvalue weighted by atomic mass is 16.5. The summed E-state index contributed by atoms with van der Waals surface area (Å²) in [4.78, 5) is 17.9. The molecule has 1 aliphatic heterocycles. The van der Waals surface area contributed by atoms with Crippen molar-refractivity contribution in [3.05, 3.63) is 93.0 Å². The van der Waals surface area contributed by atoms with E-state index in [9.17, 15) is 10.1 Å². The second-order valence-electron chi connectivity index (χ2n) is 7.78. The average molecular weight is 459 g/mol. The van der Waals surface area contributed by atoms with Crippen molar-refractivity contribution in [2.45, 2.75) is 33.2 Å². The molecule has 1 atom stereocenters. The van der Waals surface area contributed by atoms with Gasteiger partial charge in [0.15, 0.2) is 11.5 Å². The summed E-state index contributed by atoms with van der Waals surface area (Å²) < 4.78 is 19.2. The fourth-order valence-corrected chi connectivity index (χ4v) is 4.19. The Labute approximate surface area is 197 Å². The van der Waals surface area contributed by atoms with E-state index in [4.69, 9.17) is 19.9 Å². The molecule has 4 rings (SSSR count). The number of benzene rings is 1. The van der Waals surface area contributed by atoms with Gasteiger partial charge in [-0.25, -0.2) is 0 Å². The molecule has 174 valence electrons. The van der Waals surface area contributed by atoms with Crippen molar-refractivity contribution in [1.82, 2.24) is 9.55 Å². The molecule has 0 radical (unpaired) electrons. The van der Waals surface area contributed by atoms with Crippen molar-refractivity contribution in [3.63, 3.8) is 0 Å². The first-order valence-electron chi connectivity index (χ1n) is 11.1. The number of nitriles is 1. The van der Waals surface area contributed by atoms with Crippen LogP contribution in [0.25, 0.3) is 0 Å². The molecule has 0 spiro atoms. The predicted octanol–water partition coefficient (Wildman–Crippen LogP) is 3.62. The summed E-state index contributed by atoms with van der Waals surface area (Å²) >= 11 is 0. The molecule has 0 aliphatic carbocycles. The zero-order chi connectivity index (χ0) is 24.2. The number of hydrogen-bond donors (Lipinski definition) is 1. The third-order valence-corrected chi connectivity index (χ3v) is 5.69. The Balaban J connectivity index is 1.97. The summed E-state index contributed by atoms with van der Waals surface area (Å²) in [5.41, 5.74) is 8.64. The monoisotopic (exact) mass is 458 g/mol. The van der Waals surface area contributed by atoms with Crippen LogP contribution in [0.4, 0.5) is 0 Å². The Kier molecular flexibility index (Phi) is 6.55. The van der Waals surface area contributed by atoms with E-state index in [-0.39, 0.29) is 17.0 Å². The van der Waals surface area contributed by atoms with E-state index in [0.717, 1.165) is 5.56 Å². The van der Waals surface area contributed by atoms with Gasteiger partial charge in [0.05, 0.1) is 31.2 Å². The maximum Gasteiger partial charge on any atom is 0.259 e. The minimum atomic E-state index is -0.771. The first-order valence-corrected chi connectivity index (χ1v) is 11.1. The molecule has 34 heavy (non-hydrogen) atoms. The highest BCUT2D eigenvalue weighted by molar-refractivity contribution is 5.61. The van der Waals surface area contributed by atoms with Crippen molar-refractivity contribution < 1.29 is 14.2 Å². The van der Waals surface area contributed by atoms with Crippen LogP contribution in [-0.2, 0) is 6.54 Å². The van der Waals surface area contributed by atoms with Crippen LogP contribution in [0, 0.1) is 18.3 Å². The van der Waals surface area contributed by atoms with Gasteiger partial charge in [-0.2, -0.15) is 5.26 Å².